The molecular formula is C34H58N3O5+. The van der Waals surface area contributed by atoms with Gasteiger partial charge in [-0.2, -0.15) is 4.57 Å². The van der Waals surface area contributed by atoms with Crippen LogP contribution >= 0.6 is 0 Å². The Morgan fingerprint density at radius 1 is 0.667 bits per heavy atom. The third-order valence-corrected chi connectivity index (χ3v) is 7.27. The fourth-order valence-corrected chi connectivity index (χ4v) is 4.83. The molecule has 2 aromatic heterocycles. The fraction of sp³-hybridized carbons (Fsp3) is 0.735. The minimum absolute atomic E-state index is 0.242. The number of hydrogen-bond acceptors (Lipinski definition) is 7. The molecule has 42 heavy (non-hydrogen) atoms. The van der Waals surface area contributed by atoms with E-state index in [1.807, 2.05) is 10.8 Å². The third kappa shape index (κ3) is 20.6. The molecule has 0 fully saturated rings. The Hall–Kier alpha value is -2.29. The highest BCUT2D eigenvalue weighted by atomic mass is 16.6. The Morgan fingerprint density at radius 2 is 1.21 bits per heavy atom. The quantitative estimate of drug-likeness (QED) is 0.0792. The maximum atomic E-state index is 9.53. The molecular weight excluding hydrogens is 530 g/mol. The van der Waals surface area contributed by atoms with E-state index in [0.29, 0.717) is 45.6 Å². The Morgan fingerprint density at radius 3 is 1.81 bits per heavy atom. The summed E-state index contributed by atoms with van der Waals surface area (Å²) in [6, 6.07) is 5.54. The molecule has 238 valence electrons. The third-order valence-electron chi connectivity index (χ3n) is 7.27. The molecule has 0 radical (unpaired) electrons. The highest BCUT2D eigenvalue weighted by Crippen LogP contribution is 2.14. The predicted octanol–water partition coefficient (Wildman–Crippen LogP) is 7.23. The molecule has 1 unspecified atom stereocenters. The first kappa shape index (κ1) is 35.9. The average molecular weight is 589 g/mol. The Bertz CT molecular complexity index is 858. The van der Waals surface area contributed by atoms with Crippen LogP contribution in [0.25, 0.3) is 0 Å². The first-order valence-electron chi connectivity index (χ1n) is 16.6. The number of aromatic hydroxyl groups is 1. The molecule has 8 nitrogen and oxygen atoms in total. The highest BCUT2D eigenvalue weighted by Gasteiger charge is 2.13. The molecule has 0 saturated carbocycles. The van der Waals surface area contributed by atoms with Gasteiger partial charge in [-0.1, -0.05) is 103 Å². The molecule has 0 aliphatic heterocycles. The van der Waals surface area contributed by atoms with Gasteiger partial charge in [0.15, 0.2) is 18.5 Å². The first-order chi connectivity index (χ1) is 20.8. The molecule has 0 aliphatic rings. The molecule has 2 rings (SSSR count). The van der Waals surface area contributed by atoms with Crippen molar-refractivity contribution >= 4 is 0 Å². The summed E-state index contributed by atoms with van der Waals surface area (Å²) >= 11 is 0. The van der Waals surface area contributed by atoms with Crippen LogP contribution in [0.15, 0.2) is 43.0 Å². The molecule has 0 saturated heterocycles. The summed E-state index contributed by atoms with van der Waals surface area (Å²) in [4.78, 5) is 8.33. The van der Waals surface area contributed by atoms with Crippen LogP contribution in [0.4, 0.5) is 0 Å². The molecule has 1 N–H and O–H groups in total. The zero-order valence-electron chi connectivity index (χ0n) is 26.3. The second-order valence-electron chi connectivity index (χ2n) is 11.1. The molecule has 0 spiro atoms. The number of pyridine rings is 1. The van der Waals surface area contributed by atoms with Gasteiger partial charge >= 0.3 is 6.01 Å². The van der Waals surface area contributed by atoms with Gasteiger partial charge in [-0.3, -0.25) is 0 Å². The summed E-state index contributed by atoms with van der Waals surface area (Å²) < 4.78 is 25.2. The van der Waals surface area contributed by atoms with Gasteiger partial charge in [0.25, 0.3) is 0 Å². The van der Waals surface area contributed by atoms with Crippen LogP contribution in [0.1, 0.15) is 110 Å². The Labute approximate surface area is 255 Å². The predicted molar refractivity (Wildman–Crippen MR) is 167 cm³/mol. The number of nitrogens with zero attached hydrogens (tertiary/aromatic N) is 3. The van der Waals surface area contributed by atoms with E-state index in [4.69, 9.17) is 18.9 Å². The molecule has 0 aliphatic carbocycles. The van der Waals surface area contributed by atoms with Crippen molar-refractivity contribution < 1.29 is 28.6 Å². The normalized spacial score (nSPS) is 12.0. The average Bonchev–Trinajstić information content (AvgIpc) is 3.00. The summed E-state index contributed by atoms with van der Waals surface area (Å²) in [5.41, 5.74) is 0. The van der Waals surface area contributed by atoms with E-state index in [-0.39, 0.29) is 11.9 Å². The summed E-state index contributed by atoms with van der Waals surface area (Å²) in [5.74, 6) is 0.242. The van der Waals surface area contributed by atoms with Crippen LogP contribution in [0.5, 0.6) is 11.8 Å². The van der Waals surface area contributed by atoms with E-state index in [2.05, 4.69) is 16.9 Å². The molecule has 8 heteroatoms. The highest BCUT2D eigenvalue weighted by molar-refractivity contribution is 5.09. The van der Waals surface area contributed by atoms with Crippen LogP contribution in [-0.4, -0.2) is 60.8 Å². The van der Waals surface area contributed by atoms with E-state index in [0.717, 1.165) is 13.0 Å². The van der Waals surface area contributed by atoms with Gasteiger partial charge in [0.1, 0.15) is 12.7 Å². The summed E-state index contributed by atoms with van der Waals surface area (Å²) in [6.45, 7) is 5.97. The van der Waals surface area contributed by atoms with Gasteiger partial charge in [-0.05, 0) is 18.6 Å². The lowest BCUT2D eigenvalue weighted by molar-refractivity contribution is -0.698. The number of aromatic nitrogens is 3. The van der Waals surface area contributed by atoms with Crippen molar-refractivity contribution in [2.75, 3.05) is 39.6 Å². The van der Waals surface area contributed by atoms with Gasteiger partial charge in [-0.25, -0.2) is 9.97 Å². The summed E-state index contributed by atoms with van der Waals surface area (Å²) in [6.07, 6.45) is 28.4. The molecule has 2 aromatic rings. The van der Waals surface area contributed by atoms with Gasteiger partial charge in [0, 0.05) is 25.1 Å². The molecule has 0 amide bonds. The van der Waals surface area contributed by atoms with Crippen molar-refractivity contribution in [3.8, 4) is 11.8 Å². The van der Waals surface area contributed by atoms with E-state index >= 15 is 0 Å². The Kier molecular flexibility index (Phi) is 22.5. The lowest BCUT2D eigenvalue weighted by Gasteiger charge is -2.18. The molecule has 1 atom stereocenters. The van der Waals surface area contributed by atoms with Crippen LogP contribution in [-0.2, 0) is 20.8 Å². The lowest BCUT2D eigenvalue weighted by Crippen LogP contribution is -2.35. The first-order valence-corrected chi connectivity index (χ1v) is 16.6. The van der Waals surface area contributed by atoms with Crippen molar-refractivity contribution in [3.63, 3.8) is 0 Å². The van der Waals surface area contributed by atoms with E-state index in [1.54, 1.807) is 36.8 Å². The van der Waals surface area contributed by atoms with E-state index in [1.165, 1.54) is 96.3 Å². The van der Waals surface area contributed by atoms with Crippen LogP contribution in [0, 0.1) is 0 Å². The van der Waals surface area contributed by atoms with Crippen molar-refractivity contribution in [2.24, 2.45) is 0 Å². The fourth-order valence-electron chi connectivity index (χ4n) is 4.83. The van der Waals surface area contributed by atoms with E-state index < -0.39 is 0 Å². The van der Waals surface area contributed by atoms with Crippen LogP contribution in [0.2, 0.25) is 0 Å². The SMILES string of the molecule is CCCCCCCCCCCCCCCCCCOCC(COCCOCC[n+]1cccc(O)c1)Oc1ncccn1. The number of rotatable bonds is 29. The standard InChI is InChI=1S/C34H57N3O5/c1-2-3-4-5-6-7-8-9-10-11-12-13-14-15-16-17-25-40-30-33(42-34-35-21-19-22-36-34)31-41-28-27-39-26-24-37-23-18-20-32(38)29-37/h18-23,29,33H,2-17,24-28,30-31H2,1H3/p+1. The molecule has 2 heterocycles. The van der Waals surface area contributed by atoms with Crippen LogP contribution in [0.3, 0.4) is 0 Å². The van der Waals surface area contributed by atoms with Gasteiger partial charge in [-0.15, -0.1) is 0 Å². The molecule has 0 bridgehead atoms. The Balaban J connectivity index is 1.43. The summed E-state index contributed by atoms with van der Waals surface area (Å²) in [5, 5.41) is 9.53. The van der Waals surface area contributed by atoms with Crippen molar-refractivity contribution in [1.29, 1.82) is 0 Å². The summed E-state index contributed by atoms with van der Waals surface area (Å²) in [7, 11) is 0. The number of ether oxygens (including phenoxy) is 4. The topological polar surface area (TPSA) is 86.8 Å². The maximum absolute atomic E-state index is 9.53. The minimum atomic E-state index is -0.281. The zero-order chi connectivity index (χ0) is 29.8. The van der Waals surface area contributed by atoms with E-state index in [9.17, 15) is 5.11 Å². The van der Waals surface area contributed by atoms with Gasteiger partial charge < -0.3 is 24.1 Å². The number of unbranched alkanes of at least 4 members (excludes halogenated alkanes) is 15. The minimum Gasteiger partial charge on any atom is -0.503 e. The second kappa shape index (κ2) is 26.3. The van der Waals surface area contributed by atoms with Gasteiger partial charge in [0.05, 0.1) is 26.4 Å². The smallest absolute Gasteiger partial charge is 0.316 e. The van der Waals surface area contributed by atoms with Crippen LogP contribution < -0.4 is 9.30 Å². The lowest BCUT2D eigenvalue weighted by atomic mass is 10.0. The monoisotopic (exact) mass is 588 g/mol. The van der Waals surface area contributed by atoms with Crippen molar-refractivity contribution in [3.05, 3.63) is 43.0 Å². The largest absolute Gasteiger partial charge is 0.503 e. The second-order valence-corrected chi connectivity index (χ2v) is 11.1. The number of hydrogen-bond donors (Lipinski definition) is 1. The maximum Gasteiger partial charge on any atom is 0.316 e. The molecule has 0 aromatic carbocycles. The van der Waals surface area contributed by atoms with Gasteiger partial charge in [0.2, 0.25) is 6.20 Å². The zero-order valence-corrected chi connectivity index (χ0v) is 26.3. The van der Waals surface area contributed by atoms with Crippen molar-refractivity contribution in [1.82, 2.24) is 9.97 Å². The van der Waals surface area contributed by atoms with Crippen molar-refractivity contribution in [2.45, 2.75) is 122 Å².